The molecule has 0 saturated carbocycles. The summed E-state index contributed by atoms with van der Waals surface area (Å²) < 4.78 is 0. The van der Waals surface area contributed by atoms with Gasteiger partial charge in [0.25, 0.3) is 5.56 Å². The van der Waals surface area contributed by atoms with Crippen LogP contribution in [0.3, 0.4) is 0 Å². The summed E-state index contributed by atoms with van der Waals surface area (Å²) in [6, 6.07) is 0.469. The maximum absolute atomic E-state index is 11.5. The van der Waals surface area contributed by atoms with Crippen LogP contribution in [0.1, 0.15) is 26.2 Å². The van der Waals surface area contributed by atoms with Crippen LogP contribution in [-0.4, -0.2) is 35.6 Å². The molecule has 1 aromatic rings. The summed E-state index contributed by atoms with van der Waals surface area (Å²) in [7, 11) is 0. The molecule has 0 aliphatic carbocycles. The van der Waals surface area contributed by atoms with Crippen LogP contribution in [0, 0.1) is 0 Å². The van der Waals surface area contributed by atoms with E-state index in [4.69, 9.17) is 5.73 Å². The molecule has 0 amide bonds. The van der Waals surface area contributed by atoms with Crippen molar-refractivity contribution < 1.29 is 0 Å². The summed E-state index contributed by atoms with van der Waals surface area (Å²) in [6.45, 7) is 4.90. The highest BCUT2D eigenvalue weighted by molar-refractivity contribution is 5.60. The Morgan fingerprint density at radius 3 is 3.11 bits per heavy atom. The van der Waals surface area contributed by atoms with Gasteiger partial charge in [0.1, 0.15) is 5.69 Å². The van der Waals surface area contributed by atoms with E-state index in [9.17, 15) is 4.79 Å². The molecule has 6 nitrogen and oxygen atoms in total. The number of rotatable bonds is 5. The fourth-order valence-corrected chi connectivity index (χ4v) is 2.39. The van der Waals surface area contributed by atoms with E-state index in [0.29, 0.717) is 11.9 Å². The Labute approximate surface area is 107 Å². The number of aromatic amines is 1. The van der Waals surface area contributed by atoms with Gasteiger partial charge >= 0.3 is 0 Å². The molecule has 0 spiro atoms. The van der Waals surface area contributed by atoms with E-state index in [-0.39, 0.29) is 11.2 Å². The molecule has 0 aromatic carbocycles. The average molecular weight is 251 g/mol. The van der Waals surface area contributed by atoms with Gasteiger partial charge in [-0.05, 0) is 25.8 Å². The lowest BCUT2D eigenvalue weighted by molar-refractivity contribution is 0.575. The molecule has 1 unspecified atom stereocenters. The maximum atomic E-state index is 11.5. The van der Waals surface area contributed by atoms with E-state index >= 15 is 0 Å². The van der Waals surface area contributed by atoms with Crippen molar-refractivity contribution >= 4 is 11.5 Å². The summed E-state index contributed by atoms with van der Waals surface area (Å²) in [5, 5.41) is 3.45. The zero-order valence-electron chi connectivity index (χ0n) is 10.8. The van der Waals surface area contributed by atoms with Gasteiger partial charge in [0.05, 0.1) is 6.33 Å². The molecule has 2 rings (SSSR count). The van der Waals surface area contributed by atoms with Gasteiger partial charge < -0.3 is 20.9 Å². The first-order valence-electron chi connectivity index (χ1n) is 6.54. The largest absolute Gasteiger partial charge is 0.391 e. The first-order chi connectivity index (χ1) is 8.72. The molecule has 1 atom stereocenters. The van der Waals surface area contributed by atoms with Crippen molar-refractivity contribution in [3.05, 3.63) is 16.7 Å². The van der Waals surface area contributed by atoms with Crippen LogP contribution in [-0.2, 0) is 0 Å². The predicted molar refractivity (Wildman–Crippen MR) is 72.8 cm³/mol. The first-order valence-corrected chi connectivity index (χ1v) is 6.54. The Hall–Kier alpha value is -1.56. The van der Waals surface area contributed by atoms with Crippen LogP contribution < -0.4 is 21.5 Å². The zero-order valence-corrected chi connectivity index (χ0v) is 10.8. The highest BCUT2D eigenvalue weighted by Gasteiger charge is 2.20. The normalized spacial score (nSPS) is 19.1. The van der Waals surface area contributed by atoms with Crippen LogP contribution in [0.4, 0.5) is 11.5 Å². The van der Waals surface area contributed by atoms with E-state index in [2.05, 4.69) is 27.1 Å². The molecule has 18 heavy (non-hydrogen) atoms. The first kappa shape index (κ1) is 12.9. The molecular formula is C12H21N5O. The van der Waals surface area contributed by atoms with Crippen molar-refractivity contribution in [1.82, 2.24) is 15.3 Å². The predicted octanol–water partition coefficient (Wildman–Crippen LogP) is 0.321. The van der Waals surface area contributed by atoms with Gasteiger partial charge in [-0.15, -0.1) is 0 Å². The quantitative estimate of drug-likeness (QED) is 0.701. The second kappa shape index (κ2) is 5.86. The Bertz CT molecular complexity index is 438. The van der Waals surface area contributed by atoms with Crippen LogP contribution in [0.15, 0.2) is 11.1 Å². The smallest absolute Gasteiger partial charge is 0.276 e. The minimum Gasteiger partial charge on any atom is -0.391 e. The van der Waals surface area contributed by atoms with Gasteiger partial charge in [-0.2, -0.15) is 0 Å². The Morgan fingerprint density at radius 2 is 2.44 bits per heavy atom. The molecule has 2 heterocycles. The molecule has 1 saturated heterocycles. The molecule has 1 aliphatic heterocycles. The van der Waals surface area contributed by atoms with Crippen molar-refractivity contribution in [3.8, 4) is 0 Å². The molecule has 6 heteroatoms. The van der Waals surface area contributed by atoms with Gasteiger partial charge in [0.15, 0.2) is 5.82 Å². The third-order valence-corrected chi connectivity index (χ3v) is 3.26. The summed E-state index contributed by atoms with van der Waals surface area (Å²) >= 11 is 0. The van der Waals surface area contributed by atoms with Gasteiger partial charge in [0, 0.05) is 19.1 Å². The Morgan fingerprint density at radius 1 is 1.61 bits per heavy atom. The molecule has 0 radical (unpaired) electrons. The third kappa shape index (κ3) is 2.81. The van der Waals surface area contributed by atoms with Gasteiger partial charge in [0.2, 0.25) is 0 Å². The van der Waals surface area contributed by atoms with E-state index in [1.165, 1.54) is 19.2 Å². The monoisotopic (exact) mass is 251 g/mol. The number of nitrogens with zero attached hydrogens (tertiary/aromatic N) is 2. The minimum absolute atomic E-state index is 0.212. The minimum atomic E-state index is -0.263. The SMILES string of the molecule is CCCN(CC1CCCN1)c1nc[nH]c(=O)c1N. The standard InChI is InChI=1S/C12H21N5O/c1-2-6-17(7-9-4-3-5-14-9)11-10(13)12(18)16-8-15-11/h8-9,14H,2-7,13H2,1H3,(H,15,16,18). The number of H-pyrrole nitrogens is 1. The highest BCUT2D eigenvalue weighted by atomic mass is 16.1. The average Bonchev–Trinajstić information content (AvgIpc) is 2.85. The molecule has 100 valence electrons. The van der Waals surface area contributed by atoms with Crippen LogP contribution in [0.2, 0.25) is 0 Å². The third-order valence-electron chi connectivity index (χ3n) is 3.26. The Balaban J connectivity index is 2.17. The zero-order chi connectivity index (χ0) is 13.0. The van der Waals surface area contributed by atoms with E-state index < -0.39 is 0 Å². The number of anilines is 2. The van der Waals surface area contributed by atoms with Crippen molar-refractivity contribution in [2.45, 2.75) is 32.2 Å². The summed E-state index contributed by atoms with van der Waals surface area (Å²) in [5.74, 6) is 0.606. The lowest BCUT2D eigenvalue weighted by Crippen LogP contribution is -2.39. The molecular weight excluding hydrogens is 230 g/mol. The van der Waals surface area contributed by atoms with Crippen LogP contribution in [0.25, 0.3) is 0 Å². The fraction of sp³-hybridized carbons (Fsp3) is 0.667. The summed E-state index contributed by atoms with van der Waals surface area (Å²) in [4.78, 5) is 20.3. The lowest BCUT2D eigenvalue weighted by Gasteiger charge is -2.27. The number of nitrogens with two attached hydrogens (primary N) is 1. The van der Waals surface area contributed by atoms with Crippen molar-refractivity contribution in [2.75, 3.05) is 30.3 Å². The number of hydrogen-bond donors (Lipinski definition) is 3. The van der Waals surface area contributed by atoms with Gasteiger partial charge in [-0.1, -0.05) is 6.92 Å². The highest BCUT2D eigenvalue weighted by Crippen LogP contribution is 2.17. The van der Waals surface area contributed by atoms with Crippen LogP contribution in [0.5, 0.6) is 0 Å². The molecule has 1 aromatic heterocycles. The van der Waals surface area contributed by atoms with Gasteiger partial charge in [-0.25, -0.2) is 4.98 Å². The van der Waals surface area contributed by atoms with E-state index in [0.717, 1.165) is 26.1 Å². The number of aromatic nitrogens is 2. The number of hydrogen-bond acceptors (Lipinski definition) is 5. The summed E-state index contributed by atoms with van der Waals surface area (Å²) in [6.07, 6.45) is 4.80. The Kier molecular flexibility index (Phi) is 4.19. The number of nitrogens with one attached hydrogen (secondary N) is 2. The van der Waals surface area contributed by atoms with Crippen molar-refractivity contribution in [1.29, 1.82) is 0 Å². The summed E-state index contributed by atoms with van der Waals surface area (Å²) in [5.41, 5.74) is 5.77. The molecule has 0 bridgehead atoms. The maximum Gasteiger partial charge on any atom is 0.276 e. The van der Waals surface area contributed by atoms with Gasteiger partial charge in [-0.3, -0.25) is 4.79 Å². The van der Waals surface area contributed by atoms with E-state index in [1.54, 1.807) is 0 Å². The lowest BCUT2D eigenvalue weighted by atomic mass is 10.2. The molecule has 1 fully saturated rings. The molecule has 1 aliphatic rings. The topological polar surface area (TPSA) is 87.0 Å². The second-order valence-corrected chi connectivity index (χ2v) is 4.71. The van der Waals surface area contributed by atoms with E-state index in [1.807, 2.05) is 0 Å². The molecule has 4 N–H and O–H groups in total. The van der Waals surface area contributed by atoms with Crippen molar-refractivity contribution in [3.63, 3.8) is 0 Å². The fourth-order valence-electron chi connectivity index (χ4n) is 2.39. The number of nitrogen functional groups attached to an aromatic ring is 1. The second-order valence-electron chi connectivity index (χ2n) is 4.71. The van der Waals surface area contributed by atoms with Crippen LogP contribution >= 0.6 is 0 Å². The van der Waals surface area contributed by atoms with Crippen molar-refractivity contribution in [2.24, 2.45) is 0 Å².